The van der Waals surface area contributed by atoms with Crippen LogP contribution in [0.15, 0.2) is 42.5 Å². The molecule has 1 fully saturated rings. The summed E-state index contributed by atoms with van der Waals surface area (Å²) in [6.45, 7) is 2.26. The van der Waals surface area contributed by atoms with Crippen LogP contribution in [0, 0.1) is 0 Å². The van der Waals surface area contributed by atoms with Crippen LogP contribution in [0.1, 0.15) is 12.0 Å². The van der Waals surface area contributed by atoms with E-state index in [1.54, 1.807) is 6.07 Å². The van der Waals surface area contributed by atoms with Gasteiger partial charge in [-0.1, -0.05) is 35.3 Å². The number of hydrogen-bond acceptors (Lipinski definition) is 3. The Morgan fingerprint density at radius 3 is 2.68 bits per heavy atom. The molecule has 0 unspecified atom stereocenters. The lowest BCUT2D eigenvalue weighted by Crippen LogP contribution is -2.19. The van der Waals surface area contributed by atoms with Crippen molar-refractivity contribution in [2.75, 3.05) is 13.1 Å². The average molecular weight is 338 g/mol. The Morgan fingerprint density at radius 1 is 1.05 bits per heavy atom. The van der Waals surface area contributed by atoms with E-state index in [0.29, 0.717) is 22.4 Å². The van der Waals surface area contributed by atoms with Crippen LogP contribution in [0.5, 0.6) is 11.5 Å². The van der Waals surface area contributed by atoms with E-state index in [0.717, 1.165) is 30.8 Å². The number of benzene rings is 2. The SMILES string of the molecule is Clc1cccc(COc2cc(Cl)ccc2O[C@H]2CCNC2)c1. The molecule has 0 aliphatic carbocycles. The lowest BCUT2D eigenvalue weighted by atomic mass is 10.2. The van der Waals surface area contributed by atoms with Gasteiger partial charge in [0, 0.05) is 22.7 Å². The highest BCUT2D eigenvalue weighted by molar-refractivity contribution is 6.31. The van der Waals surface area contributed by atoms with Crippen molar-refractivity contribution in [3.63, 3.8) is 0 Å². The smallest absolute Gasteiger partial charge is 0.163 e. The number of ether oxygens (including phenoxy) is 2. The van der Waals surface area contributed by atoms with Gasteiger partial charge in [-0.05, 0) is 42.8 Å². The molecule has 1 aliphatic heterocycles. The fourth-order valence-electron chi connectivity index (χ4n) is 2.39. The van der Waals surface area contributed by atoms with Crippen LogP contribution in [0.4, 0.5) is 0 Å². The molecule has 1 aliphatic rings. The molecule has 3 rings (SSSR count). The topological polar surface area (TPSA) is 30.5 Å². The Morgan fingerprint density at radius 2 is 1.91 bits per heavy atom. The lowest BCUT2D eigenvalue weighted by Gasteiger charge is -2.17. The fraction of sp³-hybridized carbons (Fsp3) is 0.294. The molecule has 0 bridgehead atoms. The Labute approximate surface area is 140 Å². The first-order valence-electron chi connectivity index (χ1n) is 7.25. The number of halogens is 2. The third-order valence-corrected chi connectivity index (χ3v) is 3.97. The van der Waals surface area contributed by atoms with Gasteiger partial charge in [0.25, 0.3) is 0 Å². The standard InChI is InChI=1S/C17H17Cl2NO2/c18-13-3-1-2-12(8-13)11-21-17-9-14(19)4-5-16(17)22-15-6-7-20-10-15/h1-5,8-9,15,20H,6-7,10-11H2/t15-/m0/s1. The van der Waals surface area contributed by atoms with Crippen LogP contribution < -0.4 is 14.8 Å². The van der Waals surface area contributed by atoms with Crippen LogP contribution in [-0.4, -0.2) is 19.2 Å². The maximum absolute atomic E-state index is 6.07. The Kier molecular flexibility index (Phi) is 5.08. The van der Waals surface area contributed by atoms with E-state index < -0.39 is 0 Å². The second-order valence-corrected chi connectivity index (χ2v) is 6.12. The Bertz CT molecular complexity index is 642. The Hall–Kier alpha value is -1.42. The van der Waals surface area contributed by atoms with Crippen LogP contribution >= 0.6 is 23.2 Å². The minimum absolute atomic E-state index is 0.176. The van der Waals surface area contributed by atoms with Crippen LogP contribution in [-0.2, 0) is 6.61 Å². The predicted octanol–water partition coefficient (Wildman–Crippen LogP) is 4.31. The fourth-order valence-corrected chi connectivity index (χ4v) is 2.76. The molecule has 0 spiro atoms. The first-order chi connectivity index (χ1) is 10.7. The van der Waals surface area contributed by atoms with E-state index in [1.165, 1.54) is 0 Å². The molecule has 5 heteroatoms. The zero-order chi connectivity index (χ0) is 15.4. The van der Waals surface area contributed by atoms with Gasteiger partial charge >= 0.3 is 0 Å². The second-order valence-electron chi connectivity index (χ2n) is 5.24. The summed E-state index contributed by atoms with van der Waals surface area (Å²) < 4.78 is 11.9. The largest absolute Gasteiger partial charge is 0.485 e. The van der Waals surface area contributed by atoms with Crippen molar-refractivity contribution < 1.29 is 9.47 Å². The van der Waals surface area contributed by atoms with Gasteiger partial charge in [0.15, 0.2) is 11.5 Å². The minimum Gasteiger partial charge on any atom is -0.485 e. The van der Waals surface area contributed by atoms with Gasteiger partial charge < -0.3 is 14.8 Å². The highest BCUT2D eigenvalue weighted by Crippen LogP contribution is 2.32. The molecule has 0 amide bonds. The number of rotatable bonds is 5. The molecular weight excluding hydrogens is 321 g/mol. The molecule has 0 saturated carbocycles. The molecular formula is C17H17Cl2NO2. The van der Waals surface area contributed by atoms with E-state index in [4.69, 9.17) is 32.7 Å². The average Bonchev–Trinajstić information content (AvgIpc) is 3.00. The van der Waals surface area contributed by atoms with Crippen LogP contribution in [0.2, 0.25) is 10.0 Å². The Balaban J connectivity index is 1.72. The van der Waals surface area contributed by atoms with Crippen LogP contribution in [0.3, 0.4) is 0 Å². The van der Waals surface area contributed by atoms with Crippen molar-refractivity contribution >= 4 is 23.2 Å². The molecule has 1 saturated heterocycles. The highest BCUT2D eigenvalue weighted by atomic mass is 35.5. The van der Waals surface area contributed by atoms with E-state index >= 15 is 0 Å². The predicted molar refractivity (Wildman–Crippen MR) is 89.1 cm³/mol. The summed E-state index contributed by atoms with van der Waals surface area (Å²) in [5.41, 5.74) is 1.00. The van der Waals surface area contributed by atoms with E-state index in [2.05, 4.69) is 5.32 Å². The number of nitrogens with one attached hydrogen (secondary N) is 1. The third-order valence-electron chi connectivity index (χ3n) is 3.50. The van der Waals surface area contributed by atoms with Gasteiger partial charge in [-0.25, -0.2) is 0 Å². The van der Waals surface area contributed by atoms with Gasteiger partial charge in [-0.15, -0.1) is 0 Å². The second kappa shape index (κ2) is 7.23. The summed E-state index contributed by atoms with van der Waals surface area (Å²) in [6, 6.07) is 13.0. The van der Waals surface area contributed by atoms with E-state index in [1.807, 2.05) is 36.4 Å². The lowest BCUT2D eigenvalue weighted by molar-refractivity contribution is 0.204. The molecule has 2 aromatic carbocycles. The van der Waals surface area contributed by atoms with Crippen LogP contribution in [0.25, 0.3) is 0 Å². The molecule has 3 nitrogen and oxygen atoms in total. The monoisotopic (exact) mass is 337 g/mol. The van der Waals surface area contributed by atoms with Crippen molar-refractivity contribution in [2.24, 2.45) is 0 Å². The van der Waals surface area contributed by atoms with Crippen molar-refractivity contribution in [1.82, 2.24) is 5.32 Å². The first kappa shape index (κ1) is 15.5. The third kappa shape index (κ3) is 4.07. The highest BCUT2D eigenvalue weighted by Gasteiger charge is 2.18. The van der Waals surface area contributed by atoms with Gasteiger partial charge in [0.1, 0.15) is 12.7 Å². The molecule has 2 aromatic rings. The first-order valence-corrected chi connectivity index (χ1v) is 8.00. The van der Waals surface area contributed by atoms with E-state index in [-0.39, 0.29) is 6.10 Å². The molecule has 0 radical (unpaired) electrons. The number of hydrogen-bond donors (Lipinski definition) is 1. The zero-order valence-electron chi connectivity index (χ0n) is 12.0. The molecule has 1 heterocycles. The van der Waals surface area contributed by atoms with Gasteiger partial charge in [-0.2, -0.15) is 0 Å². The zero-order valence-corrected chi connectivity index (χ0v) is 13.5. The summed E-state index contributed by atoms with van der Waals surface area (Å²) in [5, 5.41) is 4.60. The quantitative estimate of drug-likeness (QED) is 0.881. The van der Waals surface area contributed by atoms with E-state index in [9.17, 15) is 0 Å². The summed E-state index contributed by atoms with van der Waals surface area (Å²) in [4.78, 5) is 0. The molecule has 22 heavy (non-hydrogen) atoms. The normalized spacial score (nSPS) is 17.5. The van der Waals surface area contributed by atoms with Gasteiger partial charge in [0.05, 0.1) is 0 Å². The van der Waals surface area contributed by atoms with Crippen molar-refractivity contribution in [3.05, 3.63) is 58.1 Å². The maximum Gasteiger partial charge on any atom is 0.163 e. The van der Waals surface area contributed by atoms with Crippen molar-refractivity contribution in [1.29, 1.82) is 0 Å². The van der Waals surface area contributed by atoms with Crippen molar-refractivity contribution in [3.8, 4) is 11.5 Å². The molecule has 0 aromatic heterocycles. The minimum atomic E-state index is 0.176. The summed E-state index contributed by atoms with van der Waals surface area (Å²) >= 11 is 12.1. The maximum atomic E-state index is 6.07. The summed E-state index contributed by atoms with van der Waals surface area (Å²) in [7, 11) is 0. The van der Waals surface area contributed by atoms with Crippen molar-refractivity contribution in [2.45, 2.75) is 19.1 Å². The summed E-state index contributed by atoms with van der Waals surface area (Å²) in [5.74, 6) is 1.37. The molecule has 116 valence electrons. The summed E-state index contributed by atoms with van der Waals surface area (Å²) in [6.07, 6.45) is 1.17. The molecule has 1 atom stereocenters. The van der Waals surface area contributed by atoms with Gasteiger partial charge in [0.2, 0.25) is 0 Å². The molecule has 1 N–H and O–H groups in total. The van der Waals surface area contributed by atoms with Gasteiger partial charge in [-0.3, -0.25) is 0 Å².